The van der Waals surface area contributed by atoms with Gasteiger partial charge in [0.1, 0.15) is 5.52 Å². The Morgan fingerprint density at radius 1 is 1.43 bits per heavy atom. The number of rotatable bonds is 2. The van der Waals surface area contributed by atoms with Crippen LogP contribution in [0.25, 0.3) is 11.1 Å². The fourth-order valence-electron chi connectivity index (χ4n) is 1.65. The molecule has 1 fully saturated rings. The van der Waals surface area contributed by atoms with Crippen LogP contribution in [0, 0.1) is 0 Å². The molecule has 0 radical (unpaired) electrons. The number of hydrogen-bond acceptors (Lipinski definition) is 3. The average molecular weight is 189 g/mol. The van der Waals surface area contributed by atoms with Crippen LogP contribution in [0.1, 0.15) is 30.2 Å². The molecule has 3 heteroatoms. The van der Waals surface area contributed by atoms with E-state index in [1.807, 2.05) is 18.2 Å². The molecule has 0 amide bonds. The Bertz CT molecular complexity index is 471. The fraction of sp³-hybridized carbons (Fsp3) is 0.364. The molecule has 3 nitrogen and oxygen atoms in total. The molecule has 1 aliphatic carbocycles. The number of fused-ring (bicyclic) bond motifs is 1. The summed E-state index contributed by atoms with van der Waals surface area (Å²) in [5.74, 6) is 1.36. The third-order valence-corrected chi connectivity index (χ3v) is 2.61. The van der Waals surface area contributed by atoms with Gasteiger partial charge in [0.05, 0.1) is 6.61 Å². The second-order valence-electron chi connectivity index (χ2n) is 3.75. The first kappa shape index (κ1) is 8.00. The summed E-state index contributed by atoms with van der Waals surface area (Å²) in [4.78, 5) is 4.41. The SMILES string of the molecule is OCc1cccc2nc(C3CC3)oc12. The van der Waals surface area contributed by atoms with Crippen LogP contribution in [0.2, 0.25) is 0 Å². The molecule has 0 saturated heterocycles. The van der Waals surface area contributed by atoms with Gasteiger partial charge < -0.3 is 9.52 Å². The Morgan fingerprint density at radius 2 is 2.29 bits per heavy atom. The molecule has 0 aliphatic heterocycles. The molecule has 2 aromatic rings. The van der Waals surface area contributed by atoms with Gasteiger partial charge in [0.2, 0.25) is 0 Å². The highest BCUT2D eigenvalue weighted by molar-refractivity contribution is 5.76. The summed E-state index contributed by atoms with van der Waals surface area (Å²) in [7, 11) is 0. The lowest BCUT2D eigenvalue weighted by atomic mass is 10.2. The topological polar surface area (TPSA) is 46.3 Å². The third-order valence-electron chi connectivity index (χ3n) is 2.61. The smallest absolute Gasteiger partial charge is 0.198 e. The van der Waals surface area contributed by atoms with Crippen molar-refractivity contribution in [2.45, 2.75) is 25.4 Å². The van der Waals surface area contributed by atoms with Crippen molar-refractivity contribution in [2.24, 2.45) is 0 Å². The second kappa shape index (κ2) is 2.82. The Kier molecular flexibility index (Phi) is 1.61. The Balaban J connectivity index is 2.20. The van der Waals surface area contributed by atoms with Crippen molar-refractivity contribution in [1.29, 1.82) is 0 Å². The van der Waals surface area contributed by atoms with E-state index in [0.717, 1.165) is 22.6 Å². The third kappa shape index (κ3) is 1.13. The van der Waals surface area contributed by atoms with E-state index in [0.29, 0.717) is 5.92 Å². The maximum atomic E-state index is 9.11. The Labute approximate surface area is 81.4 Å². The quantitative estimate of drug-likeness (QED) is 0.787. The molecule has 1 saturated carbocycles. The van der Waals surface area contributed by atoms with Crippen LogP contribution in [-0.4, -0.2) is 10.1 Å². The minimum absolute atomic E-state index is 0.0106. The van der Waals surface area contributed by atoms with Crippen molar-refractivity contribution >= 4 is 11.1 Å². The first-order valence-corrected chi connectivity index (χ1v) is 4.87. The van der Waals surface area contributed by atoms with E-state index in [1.165, 1.54) is 12.8 Å². The molecule has 3 rings (SSSR count). The zero-order valence-electron chi connectivity index (χ0n) is 7.73. The lowest BCUT2D eigenvalue weighted by molar-refractivity contribution is 0.281. The summed E-state index contributed by atoms with van der Waals surface area (Å²) in [5.41, 5.74) is 2.43. The predicted octanol–water partition coefficient (Wildman–Crippen LogP) is 2.20. The summed E-state index contributed by atoms with van der Waals surface area (Å²) < 4.78 is 5.64. The monoisotopic (exact) mass is 189 g/mol. The van der Waals surface area contributed by atoms with E-state index in [-0.39, 0.29) is 6.61 Å². The van der Waals surface area contributed by atoms with Crippen molar-refractivity contribution in [3.63, 3.8) is 0 Å². The largest absolute Gasteiger partial charge is 0.440 e. The highest BCUT2D eigenvalue weighted by Gasteiger charge is 2.29. The molecular weight excluding hydrogens is 178 g/mol. The summed E-state index contributed by atoms with van der Waals surface area (Å²) in [5, 5.41) is 9.11. The van der Waals surface area contributed by atoms with Gasteiger partial charge in [0.25, 0.3) is 0 Å². The van der Waals surface area contributed by atoms with Gasteiger partial charge in [0, 0.05) is 11.5 Å². The predicted molar refractivity (Wildman–Crippen MR) is 51.9 cm³/mol. The second-order valence-corrected chi connectivity index (χ2v) is 3.75. The number of hydrogen-bond donors (Lipinski definition) is 1. The standard InChI is InChI=1S/C11H11NO2/c13-6-8-2-1-3-9-10(8)14-11(12-9)7-4-5-7/h1-3,7,13H,4-6H2. The van der Waals surface area contributed by atoms with Gasteiger partial charge in [-0.2, -0.15) is 0 Å². The molecule has 72 valence electrons. The molecule has 1 N–H and O–H groups in total. The van der Waals surface area contributed by atoms with E-state index in [2.05, 4.69) is 4.98 Å². The summed E-state index contributed by atoms with van der Waals surface area (Å²) in [6.45, 7) is 0.0106. The molecule has 14 heavy (non-hydrogen) atoms. The molecule has 1 heterocycles. The van der Waals surface area contributed by atoms with Crippen molar-refractivity contribution in [3.05, 3.63) is 29.7 Å². The molecule has 0 unspecified atom stereocenters. The minimum atomic E-state index is 0.0106. The molecule has 0 atom stereocenters. The first-order chi connectivity index (χ1) is 6.88. The minimum Gasteiger partial charge on any atom is -0.440 e. The van der Waals surface area contributed by atoms with Crippen LogP contribution < -0.4 is 0 Å². The number of oxazole rings is 1. The van der Waals surface area contributed by atoms with Crippen LogP contribution in [-0.2, 0) is 6.61 Å². The van der Waals surface area contributed by atoms with E-state index < -0.39 is 0 Å². The van der Waals surface area contributed by atoms with Gasteiger partial charge in [-0.25, -0.2) is 4.98 Å². The first-order valence-electron chi connectivity index (χ1n) is 4.87. The van der Waals surface area contributed by atoms with Crippen molar-refractivity contribution < 1.29 is 9.52 Å². The zero-order valence-corrected chi connectivity index (χ0v) is 7.73. The Morgan fingerprint density at radius 3 is 3.00 bits per heavy atom. The van der Waals surface area contributed by atoms with E-state index >= 15 is 0 Å². The van der Waals surface area contributed by atoms with Gasteiger partial charge in [0.15, 0.2) is 11.5 Å². The van der Waals surface area contributed by atoms with Crippen molar-refractivity contribution in [1.82, 2.24) is 4.98 Å². The van der Waals surface area contributed by atoms with Gasteiger partial charge in [-0.15, -0.1) is 0 Å². The Hall–Kier alpha value is -1.35. The van der Waals surface area contributed by atoms with Gasteiger partial charge in [-0.1, -0.05) is 12.1 Å². The van der Waals surface area contributed by atoms with Crippen LogP contribution in [0.5, 0.6) is 0 Å². The molecule has 1 aromatic carbocycles. The van der Waals surface area contributed by atoms with Crippen LogP contribution in [0.4, 0.5) is 0 Å². The zero-order chi connectivity index (χ0) is 9.54. The number of aliphatic hydroxyl groups excluding tert-OH is 1. The highest BCUT2D eigenvalue weighted by Crippen LogP contribution is 2.40. The maximum Gasteiger partial charge on any atom is 0.198 e. The van der Waals surface area contributed by atoms with Crippen LogP contribution >= 0.6 is 0 Å². The van der Waals surface area contributed by atoms with Crippen LogP contribution in [0.3, 0.4) is 0 Å². The van der Waals surface area contributed by atoms with E-state index in [4.69, 9.17) is 9.52 Å². The summed E-state index contributed by atoms with van der Waals surface area (Å²) >= 11 is 0. The highest BCUT2D eigenvalue weighted by atomic mass is 16.4. The van der Waals surface area contributed by atoms with Gasteiger partial charge >= 0.3 is 0 Å². The number of nitrogens with zero attached hydrogens (tertiary/aromatic N) is 1. The molecule has 1 aliphatic rings. The van der Waals surface area contributed by atoms with E-state index in [9.17, 15) is 0 Å². The normalized spacial score (nSPS) is 16.4. The van der Waals surface area contributed by atoms with Crippen molar-refractivity contribution in [2.75, 3.05) is 0 Å². The average Bonchev–Trinajstić information content (AvgIpc) is 2.97. The number of para-hydroxylation sites is 1. The molecule has 0 bridgehead atoms. The van der Waals surface area contributed by atoms with Gasteiger partial charge in [-0.3, -0.25) is 0 Å². The van der Waals surface area contributed by atoms with Crippen molar-refractivity contribution in [3.8, 4) is 0 Å². The lowest BCUT2D eigenvalue weighted by Crippen LogP contribution is -1.81. The summed E-state index contributed by atoms with van der Waals surface area (Å²) in [6.07, 6.45) is 2.36. The molecule has 1 aromatic heterocycles. The number of benzene rings is 1. The van der Waals surface area contributed by atoms with Crippen LogP contribution in [0.15, 0.2) is 22.6 Å². The fourth-order valence-corrected chi connectivity index (χ4v) is 1.65. The van der Waals surface area contributed by atoms with E-state index in [1.54, 1.807) is 0 Å². The molecule has 0 spiro atoms. The molecular formula is C11H11NO2. The number of aromatic nitrogens is 1. The number of aliphatic hydroxyl groups is 1. The summed E-state index contributed by atoms with van der Waals surface area (Å²) in [6, 6.07) is 5.68. The maximum absolute atomic E-state index is 9.11. The van der Waals surface area contributed by atoms with Gasteiger partial charge in [-0.05, 0) is 18.9 Å². The lowest BCUT2D eigenvalue weighted by Gasteiger charge is -1.94.